The average molecular weight is 452 g/mol. The van der Waals surface area contributed by atoms with E-state index in [0.717, 1.165) is 11.3 Å². The number of aromatic nitrogens is 2. The Morgan fingerprint density at radius 3 is 2.78 bits per heavy atom. The fourth-order valence-electron chi connectivity index (χ4n) is 2.11. The van der Waals surface area contributed by atoms with Crippen molar-refractivity contribution >= 4 is 41.5 Å². The molecule has 1 aromatic heterocycles. The van der Waals surface area contributed by atoms with Crippen molar-refractivity contribution in [3.63, 3.8) is 0 Å². The third-order valence-corrected chi connectivity index (χ3v) is 3.76. The van der Waals surface area contributed by atoms with Gasteiger partial charge in [0.25, 0.3) is 0 Å². The number of nitrogens with zero attached hydrogens (tertiary/aromatic N) is 3. The number of aromatic amines is 1. The second kappa shape index (κ2) is 9.07. The van der Waals surface area contributed by atoms with Crippen molar-refractivity contribution < 1.29 is 4.39 Å². The van der Waals surface area contributed by atoms with Crippen molar-refractivity contribution in [1.82, 2.24) is 20.4 Å². The Morgan fingerprint density at radius 2 is 2.22 bits per heavy atom. The zero-order valence-electron chi connectivity index (χ0n) is 13.2. The molecule has 0 aliphatic heterocycles. The van der Waals surface area contributed by atoms with Crippen LogP contribution >= 0.6 is 35.6 Å². The lowest BCUT2D eigenvalue weighted by Gasteiger charge is -2.22. The molecule has 0 fully saturated rings. The highest BCUT2D eigenvalue weighted by Gasteiger charge is 2.13. The molecule has 8 heteroatoms. The standard InChI is InChI=1S/C15H19ClFN5.HI/c1-10-11(8-20-21-10)7-19-15(18-2)22(3)9-12-13(16)5-4-6-14(12)17;/h4-6,8H,7,9H2,1-3H3,(H,18,19)(H,20,21);1H. The molecule has 0 aliphatic carbocycles. The zero-order valence-corrected chi connectivity index (χ0v) is 16.3. The molecule has 0 aliphatic rings. The van der Waals surface area contributed by atoms with Gasteiger partial charge in [-0.1, -0.05) is 17.7 Å². The molecule has 2 aromatic rings. The van der Waals surface area contributed by atoms with Gasteiger partial charge in [-0.3, -0.25) is 10.1 Å². The molecule has 23 heavy (non-hydrogen) atoms. The van der Waals surface area contributed by atoms with Crippen molar-refractivity contribution in [2.24, 2.45) is 4.99 Å². The number of H-pyrrole nitrogens is 1. The van der Waals surface area contributed by atoms with E-state index in [9.17, 15) is 4.39 Å². The summed E-state index contributed by atoms with van der Waals surface area (Å²) in [7, 11) is 3.52. The second-order valence-electron chi connectivity index (χ2n) is 4.98. The molecule has 2 N–H and O–H groups in total. The van der Waals surface area contributed by atoms with Crippen molar-refractivity contribution in [1.29, 1.82) is 0 Å². The SMILES string of the molecule is CN=C(NCc1cn[nH]c1C)N(C)Cc1c(F)cccc1Cl.I. The van der Waals surface area contributed by atoms with Crippen molar-refractivity contribution in [2.75, 3.05) is 14.1 Å². The predicted octanol–water partition coefficient (Wildman–Crippen LogP) is 3.34. The molecule has 1 heterocycles. The predicted molar refractivity (Wildman–Crippen MR) is 102 cm³/mol. The third kappa shape index (κ3) is 5.07. The van der Waals surface area contributed by atoms with E-state index in [-0.39, 0.29) is 29.8 Å². The molecule has 2 rings (SSSR count). The lowest BCUT2D eigenvalue weighted by molar-refractivity contribution is 0.460. The first-order valence-corrected chi connectivity index (χ1v) is 7.24. The van der Waals surface area contributed by atoms with Gasteiger partial charge in [-0.25, -0.2) is 4.39 Å². The second-order valence-corrected chi connectivity index (χ2v) is 5.38. The molecule has 0 atom stereocenters. The zero-order chi connectivity index (χ0) is 16.1. The van der Waals surface area contributed by atoms with Gasteiger partial charge in [-0.15, -0.1) is 24.0 Å². The van der Waals surface area contributed by atoms with Crippen LogP contribution in [0.2, 0.25) is 5.02 Å². The minimum absolute atomic E-state index is 0. The number of hydrogen-bond acceptors (Lipinski definition) is 2. The number of halogens is 3. The van der Waals surface area contributed by atoms with Crippen LogP contribution in [0.5, 0.6) is 0 Å². The molecule has 0 bridgehead atoms. The van der Waals surface area contributed by atoms with Crippen LogP contribution in [-0.2, 0) is 13.1 Å². The summed E-state index contributed by atoms with van der Waals surface area (Å²) >= 11 is 6.06. The first-order valence-electron chi connectivity index (χ1n) is 6.86. The van der Waals surface area contributed by atoms with Crippen LogP contribution in [0, 0.1) is 12.7 Å². The summed E-state index contributed by atoms with van der Waals surface area (Å²) < 4.78 is 13.9. The molecule has 1 aromatic carbocycles. The minimum Gasteiger partial charge on any atom is -0.352 e. The van der Waals surface area contributed by atoms with Crippen LogP contribution in [0.15, 0.2) is 29.4 Å². The van der Waals surface area contributed by atoms with E-state index in [0.29, 0.717) is 29.6 Å². The summed E-state index contributed by atoms with van der Waals surface area (Å²) in [5.41, 5.74) is 2.51. The highest BCUT2D eigenvalue weighted by Crippen LogP contribution is 2.20. The van der Waals surface area contributed by atoms with Crippen LogP contribution in [0.3, 0.4) is 0 Å². The summed E-state index contributed by atoms with van der Waals surface area (Å²) in [4.78, 5) is 6.03. The van der Waals surface area contributed by atoms with E-state index in [1.165, 1.54) is 6.07 Å². The molecule has 0 radical (unpaired) electrons. The van der Waals surface area contributed by atoms with Gasteiger partial charge in [0.15, 0.2) is 5.96 Å². The normalized spacial score (nSPS) is 11.1. The van der Waals surface area contributed by atoms with E-state index in [1.54, 1.807) is 25.4 Å². The van der Waals surface area contributed by atoms with Gasteiger partial charge >= 0.3 is 0 Å². The number of rotatable bonds is 4. The summed E-state index contributed by atoms with van der Waals surface area (Å²) in [5.74, 6) is 0.334. The van der Waals surface area contributed by atoms with Gasteiger partial charge in [-0.2, -0.15) is 5.10 Å². The number of aryl methyl sites for hydroxylation is 1. The Kier molecular flexibility index (Phi) is 7.77. The summed E-state index contributed by atoms with van der Waals surface area (Å²) in [6, 6.07) is 4.68. The average Bonchev–Trinajstić information content (AvgIpc) is 2.89. The summed E-state index contributed by atoms with van der Waals surface area (Å²) in [5, 5.41) is 10.5. The fourth-order valence-corrected chi connectivity index (χ4v) is 2.33. The van der Waals surface area contributed by atoms with Gasteiger partial charge in [-0.05, 0) is 19.1 Å². The Labute approximate surface area is 157 Å². The number of benzene rings is 1. The van der Waals surface area contributed by atoms with Crippen LogP contribution in [0.25, 0.3) is 0 Å². The van der Waals surface area contributed by atoms with Gasteiger partial charge < -0.3 is 10.2 Å². The highest BCUT2D eigenvalue weighted by molar-refractivity contribution is 14.0. The van der Waals surface area contributed by atoms with E-state index < -0.39 is 0 Å². The Bertz CT molecular complexity index is 653. The van der Waals surface area contributed by atoms with E-state index in [1.807, 2.05) is 18.9 Å². The van der Waals surface area contributed by atoms with E-state index >= 15 is 0 Å². The van der Waals surface area contributed by atoms with E-state index in [4.69, 9.17) is 11.6 Å². The number of guanidine groups is 1. The van der Waals surface area contributed by atoms with Gasteiger partial charge in [0.1, 0.15) is 5.82 Å². The van der Waals surface area contributed by atoms with Crippen molar-refractivity contribution in [2.45, 2.75) is 20.0 Å². The molecule has 5 nitrogen and oxygen atoms in total. The first-order chi connectivity index (χ1) is 10.5. The maximum Gasteiger partial charge on any atom is 0.193 e. The monoisotopic (exact) mass is 451 g/mol. The van der Waals surface area contributed by atoms with Crippen LogP contribution in [0.1, 0.15) is 16.8 Å². The molecule has 0 amide bonds. The van der Waals surface area contributed by atoms with Crippen LogP contribution in [0.4, 0.5) is 4.39 Å². The topological polar surface area (TPSA) is 56.3 Å². The molecule has 0 unspecified atom stereocenters. The molecular formula is C15H20ClFIN5. The van der Waals surface area contributed by atoms with Gasteiger partial charge in [0.05, 0.1) is 6.20 Å². The quantitative estimate of drug-likeness (QED) is 0.426. The molecule has 126 valence electrons. The lowest BCUT2D eigenvalue weighted by Crippen LogP contribution is -2.38. The third-order valence-electron chi connectivity index (χ3n) is 3.40. The number of aliphatic imine (C=N–C) groups is 1. The van der Waals surface area contributed by atoms with Gasteiger partial charge in [0.2, 0.25) is 0 Å². The smallest absolute Gasteiger partial charge is 0.193 e. The van der Waals surface area contributed by atoms with Crippen molar-refractivity contribution in [3.8, 4) is 0 Å². The molecule has 0 saturated carbocycles. The van der Waals surface area contributed by atoms with Crippen LogP contribution in [-0.4, -0.2) is 35.2 Å². The largest absolute Gasteiger partial charge is 0.352 e. The Hall–Kier alpha value is -1.35. The Morgan fingerprint density at radius 1 is 1.48 bits per heavy atom. The minimum atomic E-state index is -0.319. The molecular weight excluding hydrogens is 432 g/mol. The highest BCUT2D eigenvalue weighted by atomic mass is 127. The lowest BCUT2D eigenvalue weighted by atomic mass is 10.2. The van der Waals surface area contributed by atoms with Crippen molar-refractivity contribution in [3.05, 3.63) is 52.1 Å². The number of hydrogen-bond donors (Lipinski definition) is 2. The first kappa shape index (κ1) is 19.7. The van der Waals surface area contributed by atoms with Gasteiger partial charge in [0, 0.05) is 49.0 Å². The maximum absolute atomic E-state index is 13.9. The fraction of sp³-hybridized carbons (Fsp3) is 0.333. The molecule has 0 saturated heterocycles. The maximum atomic E-state index is 13.9. The number of nitrogens with one attached hydrogen (secondary N) is 2. The van der Waals surface area contributed by atoms with Crippen LogP contribution < -0.4 is 5.32 Å². The summed E-state index contributed by atoms with van der Waals surface area (Å²) in [6.07, 6.45) is 1.77. The summed E-state index contributed by atoms with van der Waals surface area (Å²) in [6.45, 7) is 2.87. The Balaban J connectivity index is 0.00000264. The molecule has 0 spiro atoms. The van der Waals surface area contributed by atoms with E-state index in [2.05, 4.69) is 20.5 Å².